The number of nitrogens with zero attached hydrogens (tertiary/aromatic N) is 1. The van der Waals surface area contributed by atoms with Gasteiger partial charge in [-0.2, -0.15) is 0 Å². The Morgan fingerprint density at radius 2 is 2.29 bits per heavy atom. The number of methoxy groups -OCH3 is 2. The number of carbonyl (C=O) groups excluding carboxylic acids is 1. The van der Waals surface area contributed by atoms with E-state index in [0.29, 0.717) is 12.8 Å². The third-order valence-corrected chi connectivity index (χ3v) is 3.48. The van der Waals surface area contributed by atoms with Crippen LogP contribution in [0.25, 0.3) is 0 Å². The summed E-state index contributed by atoms with van der Waals surface area (Å²) in [4.78, 5) is 15.5. The predicted octanol–water partition coefficient (Wildman–Crippen LogP) is 2.74. The second kappa shape index (κ2) is 7.40. The van der Waals surface area contributed by atoms with E-state index in [1.165, 1.54) is 7.11 Å². The molecular weight excluding hydrogens is 238 g/mol. The molecule has 0 aromatic carbocycles. The summed E-state index contributed by atoms with van der Waals surface area (Å²) >= 11 is 1.59. The van der Waals surface area contributed by atoms with Crippen LogP contribution in [0.4, 0.5) is 0 Å². The van der Waals surface area contributed by atoms with Gasteiger partial charge in [0.1, 0.15) is 11.1 Å². The molecule has 0 fully saturated rings. The molecule has 0 aliphatic heterocycles. The zero-order valence-electron chi connectivity index (χ0n) is 10.6. The van der Waals surface area contributed by atoms with Crippen LogP contribution >= 0.6 is 11.3 Å². The van der Waals surface area contributed by atoms with Crippen molar-refractivity contribution >= 4 is 17.3 Å². The highest BCUT2D eigenvalue weighted by Crippen LogP contribution is 2.25. The molecule has 0 radical (unpaired) electrons. The maximum absolute atomic E-state index is 11.0. The number of hydrogen-bond donors (Lipinski definition) is 0. The molecule has 1 unspecified atom stereocenters. The van der Waals surface area contributed by atoms with Gasteiger partial charge in [0, 0.05) is 18.9 Å². The minimum absolute atomic E-state index is 0.0804. The fraction of sp³-hybridized carbons (Fsp3) is 0.667. The van der Waals surface area contributed by atoms with Crippen molar-refractivity contribution in [2.45, 2.75) is 38.7 Å². The second-order valence-electron chi connectivity index (χ2n) is 3.77. The lowest BCUT2D eigenvalue weighted by Gasteiger charge is -2.10. The Morgan fingerprint density at radius 3 is 2.88 bits per heavy atom. The molecule has 0 aliphatic rings. The first-order chi connectivity index (χ1) is 8.21. The van der Waals surface area contributed by atoms with Crippen molar-refractivity contribution in [2.75, 3.05) is 14.2 Å². The Hall–Kier alpha value is -0.940. The van der Waals surface area contributed by atoms with Gasteiger partial charge in [-0.15, -0.1) is 11.3 Å². The average Bonchev–Trinajstić information content (AvgIpc) is 2.81. The number of ether oxygens (including phenoxy) is 2. The molecular formula is C12H19NO3S. The van der Waals surface area contributed by atoms with Crippen LogP contribution in [0.15, 0.2) is 5.38 Å². The van der Waals surface area contributed by atoms with E-state index in [2.05, 4.69) is 16.6 Å². The van der Waals surface area contributed by atoms with Crippen LogP contribution in [-0.2, 0) is 20.7 Å². The van der Waals surface area contributed by atoms with Crippen LogP contribution in [0.3, 0.4) is 0 Å². The molecule has 1 aromatic rings. The molecule has 1 rings (SSSR count). The first-order valence-electron chi connectivity index (χ1n) is 5.75. The second-order valence-corrected chi connectivity index (χ2v) is 4.66. The molecule has 0 amide bonds. The van der Waals surface area contributed by atoms with E-state index in [9.17, 15) is 4.79 Å². The van der Waals surface area contributed by atoms with Gasteiger partial charge in [0.25, 0.3) is 0 Å². The zero-order valence-corrected chi connectivity index (χ0v) is 11.4. The highest BCUT2D eigenvalue weighted by molar-refractivity contribution is 7.09. The third-order valence-electron chi connectivity index (χ3n) is 2.49. The highest BCUT2D eigenvalue weighted by atomic mass is 32.1. The summed E-state index contributed by atoms with van der Waals surface area (Å²) in [5.74, 6) is -0.198. The summed E-state index contributed by atoms with van der Waals surface area (Å²) in [7, 11) is 3.10. The van der Waals surface area contributed by atoms with Crippen LogP contribution in [0.1, 0.15) is 43.0 Å². The smallest absolute Gasteiger partial charge is 0.305 e. The third kappa shape index (κ3) is 4.44. The van der Waals surface area contributed by atoms with Gasteiger partial charge < -0.3 is 9.47 Å². The van der Waals surface area contributed by atoms with Gasteiger partial charge >= 0.3 is 5.97 Å². The van der Waals surface area contributed by atoms with Crippen molar-refractivity contribution in [3.05, 3.63) is 16.1 Å². The first-order valence-corrected chi connectivity index (χ1v) is 6.63. The number of aryl methyl sites for hydroxylation is 1. The molecule has 0 saturated carbocycles. The molecule has 1 heterocycles. The van der Waals surface area contributed by atoms with Gasteiger partial charge in [-0.25, -0.2) is 4.98 Å². The van der Waals surface area contributed by atoms with Gasteiger partial charge in [-0.05, 0) is 6.42 Å². The first kappa shape index (κ1) is 14.1. The van der Waals surface area contributed by atoms with Gasteiger partial charge in [0.2, 0.25) is 0 Å². The summed E-state index contributed by atoms with van der Waals surface area (Å²) in [6.45, 7) is 2.12. The van der Waals surface area contributed by atoms with Gasteiger partial charge in [0.15, 0.2) is 0 Å². The van der Waals surface area contributed by atoms with Crippen LogP contribution in [0, 0.1) is 0 Å². The van der Waals surface area contributed by atoms with Crippen molar-refractivity contribution in [1.82, 2.24) is 4.98 Å². The van der Waals surface area contributed by atoms with Gasteiger partial charge in [0.05, 0.1) is 19.2 Å². The lowest BCUT2D eigenvalue weighted by atomic mass is 10.2. The van der Waals surface area contributed by atoms with E-state index in [0.717, 1.165) is 23.5 Å². The number of thiazole rings is 1. The molecule has 0 saturated heterocycles. The zero-order chi connectivity index (χ0) is 12.7. The Balaban J connectivity index is 2.54. The van der Waals surface area contributed by atoms with E-state index < -0.39 is 0 Å². The summed E-state index contributed by atoms with van der Waals surface area (Å²) in [5, 5.41) is 2.98. The highest BCUT2D eigenvalue weighted by Gasteiger charge is 2.14. The van der Waals surface area contributed by atoms with Crippen LogP contribution in [-0.4, -0.2) is 25.2 Å². The molecule has 96 valence electrons. The molecule has 0 spiro atoms. The number of aromatic nitrogens is 1. The minimum Gasteiger partial charge on any atom is -0.469 e. The minimum atomic E-state index is -0.198. The number of carbonyl (C=O) groups is 1. The molecule has 5 heteroatoms. The van der Waals surface area contributed by atoms with Crippen LogP contribution in [0.2, 0.25) is 0 Å². The molecule has 17 heavy (non-hydrogen) atoms. The maximum Gasteiger partial charge on any atom is 0.305 e. The van der Waals surface area contributed by atoms with E-state index in [4.69, 9.17) is 4.74 Å². The number of rotatable bonds is 7. The maximum atomic E-state index is 11.0. The SMILES string of the molecule is CCCC(OC)c1nc(CCC(=O)OC)cs1. The number of hydrogen-bond acceptors (Lipinski definition) is 5. The van der Waals surface area contributed by atoms with Crippen LogP contribution in [0.5, 0.6) is 0 Å². The summed E-state index contributed by atoms with van der Waals surface area (Å²) in [6, 6.07) is 0. The Morgan fingerprint density at radius 1 is 1.53 bits per heavy atom. The van der Waals surface area contributed by atoms with Crippen molar-refractivity contribution < 1.29 is 14.3 Å². The van der Waals surface area contributed by atoms with E-state index in [1.54, 1.807) is 18.4 Å². The Kier molecular flexibility index (Phi) is 6.15. The fourth-order valence-corrected chi connectivity index (χ4v) is 2.49. The largest absolute Gasteiger partial charge is 0.469 e. The summed E-state index contributed by atoms with van der Waals surface area (Å²) in [6.07, 6.45) is 3.13. The quantitative estimate of drug-likeness (QED) is 0.705. The van der Waals surface area contributed by atoms with Crippen molar-refractivity contribution in [1.29, 1.82) is 0 Å². The van der Waals surface area contributed by atoms with Crippen molar-refractivity contribution in [3.63, 3.8) is 0 Å². The predicted molar refractivity (Wildman–Crippen MR) is 67.1 cm³/mol. The summed E-state index contributed by atoms with van der Waals surface area (Å²) < 4.78 is 9.99. The monoisotopic (exact) mass is 257 g/mol. The molecule has 0 N–H and O–H groups in total. The van der Waals surface area contributed by atoms with Gasteiger partial charge in [-0.3, -0.25) is 4.79 Å². The van der Waals surface area contributed by atoms with E-state index in [1.807, 2.05) is 5.38 Å². The molecule has 1 atom stereocenters. The lowest BCUT2D eigenvalue weighted by Crippen LogP contribution is -2.03. The standard InChI is InChI=1S/C12H19NO3S/c1-4-5-10(15-2)12-13-9(8-17-12)6-7-11(14)16-3/h8,10H,4-7H2,1-3H3. The topological polar surface area (TPSA) is 48.4 Å². The lowest BCUT2D eigenvalue weighted by molar-refractivity contribution is -0.140. The Bertz CT molecular complexity index is 351. The van der Waals surface area contributed by atoms with Crippen molar-refractivity contribution in [2.24, 2.45) is 0 Å². The molecule has 1 aromatic heterocycles. The van der Waals surface area contributed by atoms with Gasteiger partial charge in [-0.1, -0.05) is 13.3 Å². The Labute approximate surface area is 106 Å². The normalized spacial score (nSPS) is 12.4. The fourth-order valence-electron chi connectivity index (χ4n) is 1.52. The van der Waals surface area contributed by atoms with Crippen LogP contribution < -0.4 is 0 Å². The number of esters is 1. The molecule has 4 nitrogen and oxygen atoms in total. The average molecular weight is 257 g/mol. The van der Waals surface area contributed by atoms with E-state index >= 15 is 0 Å². The molecule has 0 bridgehead atoms. The van der Waals surface area contributed by atoms with Crippen molar-refractivity contribution in [3.8, 4) is 0 Å². The summed E-state index contributed by atoms with van der Waals surface area (Å²) in [5.41, 5.74) is 0.938. The molecule has 0 aliphatic carbocycles. The van der Waals surface area contributed by atoms with E-state index in [-0.39, 0.29) is 12.1 Å².